The van der Waals surface area contributed by atoms with Crippen LogP contribution in [0.1, 0.15) is 31.8 Å². The molecule has 0 N–H and O–H groups in total. The molecule has 0 aliphatic heterocycles. The van der Waals surface area contributed by atoms with Gasteiger partial charge in [0.05, 0.1) is 11.6 Å². The lowest BCUT2D eigenvalue weighted by Crippen LogP contribution is -1.97. The van der Waals surface area contributed by atoms with Crippen LogP contribution in [0.3, 0.4) is 0 Å². The van der Waals surface area contributed by atoms with Crippen LogP contribution in [0.15, 0.2) is 12.1 Å². The van der Waals surface area contributed by atoms with E-state index >= 15 is 0 Å². The molecular weight excluding hydrogens is 202 g/mol. The summed E-state index contributed by atoms with van der Waals surface area (Å²) in [6, 6.07) is 4.64. The van der Waals surface area contributed by atoms with Gasteiger partial charge in [-0.3, -0.25) is 9.59 Å². The van der Waals surface area contributed by atoms with Gasteiger partial charge >= 0.3 is 0 Å². The summed E-state index contributed by atoms with van der Waals surface area (Å²) in [4.78, 5) is 21.4. The maximum atomic E-state index is 10.8. The van der Waals surface area contributed by atoms with E-state index < -0.39 is 5.24 Å². The molecule has 14 heavy (non-hydrogen) atoms. The molecule has 0 atom stereocenters. The first-order chi connectivity index (χ1) is 6.60. The largest absolute Gasteiger partial charge is 0.298 e. The van der Waals surface area contributed by atoms with Crippen LogP contribution in [0, 0.1) is 18.3 Å². The number of carbonyl (C=O) groups is 2. The molecule has 0 heterocycles. The van der Waals surface area contributed by atoms with Crippen LogP contribution in [-0.2, 0) is 0 Å². The summed E-state index contributed by atoms with van der Waals surface area (Å²) in [5.74, 6) is 0. The molecule has 0 aliphatic rings. The first-order valence-electron chi connectivity index (χ1n) is 3.80. The van der Waals surface area contributed by atoms with E-state index in [0.717, 1.165) is 0 Å². The van der Waals surface area contributed by atoms with Crippen LogP contribution in [0.25, 0.3) is 0 Å². The number of benzene rings is 1. The molecule has 0 saturated heterocycles. The molecule has 0 amide bonds. The fourth-order valence-electron chi connectivity index (χ4n) is 1.09. The third-order valence-electron chi connectivity index (χ3n) is 1.92. The van der Waals surface area contributed by atoms with Crippen LogP contribution < -0.4 is 0 Å². The highest BCUT2D eigenvalue weighted by molar-refractivity contribution is 6.67. The normalized spacial score (nSPS) is 9.21. The molecule has 1 aromatic carbocycles. The highest BCUT2D eigenvalue weighted by Crippen LogP contribution is 2.16. The molecule has 0 aromatic heterocycles. The highest BCUT2D eigenvalue weighted by atomic mass is 35.5. The van der Waals surface area contributed by atoms with E-state index in [9.17, 15) is 9.59 Å². The van der Waals surface area contributed by atoms with Gasteiger partial charge in [-0.1, -0.05) is 0 Å². The molecule has 0 unspecified atom stereocenters. The first-order valence-corrected chi connectivity index (χ1v) is 4.17. The van der Waals surface area contributed by atoms with Gasteiger partial charge in [-0.05, 0) is 36.2 Å². The van der Waals surface area contributed by atoms with E-state index in [1.165, 1.54) is 12.1 Å². The Morgan fingerprint density at radius 2 is 2.21 bits per heavy atom. The molecule has 0 radical (unpaired) electrons. The Morgan fingerprint density at radius 1 is 1.57 bits per heavy atom. The standard InChI is InChI=1S/C10H6ClNO2/c1-6-8(4-12)2-7(10(11)14)3-9(6)5-13/h2-3,5H,1H3. The Labute approximate surface area is 85.9 Å². The van der Waals surface area contributed by atoms with Crippen molar-refractivity contribution in [2.75, 3.05) is 0 Å². The SMILES string of the molecule is Cc1c(C#N)cc(C(=O)Cl)cc1C=O. The number of hydrogen-bond donors (Lipinski definition) is 0. The third-order valence-corrected chi connectivity index (χ3v) is 2.14. The van der Waals surface area contributed by atoms with Crippen LogP contribution in [0.5, 0.6) is 0 Å². The summed E-state index contributed by atoms with van der Waals surface area (Å²) in [5.41, 5.74) is 1.33. The van der Waals surface area contributed by atoms with Gasteiger partial charge < -0.3 is 0 Å². The average molecular weight is 208 g/mol. The van der Waals surface area contributed by atoms with Gasteiger partial charge in [-0.15, -0.1) is 0 Å². The predicted octanol–water partition coefficient (Wildman–Crippen LogP) is 2.06. The Bertz CT molecular complexity index is 446. The minimum Gasteiger partial charge on any atom is -0.298 e. The van der Waals surface area contributed by atoms with E-state index in [-0.39, 0.29) is 5.56 Å². The zero-order valence-electron chi connectivity index (χ0n) is 7.37. The fraction of sp³-hybridized carbons (Fsp3) is 0.100. The lowest BCUT2D eigenvalue weighted by atomic mass is 10.0. The molecule has 0 aliphatic carbocycles. The van der Waals surface area contributed by atoms with Crippen LogP contribution >= 0.6 is 11.6 Å². The quantitative estimate of drug-likeness (QED) is 0.551. The number of hydrogen-bond acceptors (Lipinski definition) is 3. The van der Waals surface area contributed by atoms with E-state index in [0.29, 0.717) is 23.0 Å². The first kappa shape index (κ1) is 10.4. The second kappa shape index (κ2) is 4.03. The fourth-order valence-corrected chi connectivity index (χ4v) is 1.20. The molecule has 0 spiro atoms. The number of aldehydes is 1. The minimum absolute atomic E-state index is 0.163. The maximum Gasteiger partial charge on any atom is 0.252 e. The molecule has 70 valence electrons. The van der Waals surface area contributed by atoms with Gasteiger partial charge in [0.25, 0.3) is 5.24 Å². The number of nitrogens with zero attached hydrogens (tertiary/aromatic N) is 1. The predicted molar refractivity (Wildman–Crippen MR) is 51.5 cm³/mol. The molecule has 0 bridgehead atoms. The van der Waals surface area contributed by atoms with Crippen molar-refractivity contribution in [1.82, 2.24) is 0 Å². The zero-order chi connectivity index (χ0) is 10.7. The van der Waals surface area contributed by atoms with Gasteiger partial charge in [-0.2, -0.15) is 5.26 Å². The minimum atomic E-state index is -0.676. The van der Waals surface area contributed by atoms with Crippen LogP contribution in [0.2, 0.25) is 0 Å². The van der Waals surface area contributed by atoms with Crippen LogP contribution in [-0.4, -0.2) is 11.5 Å². The van der Waals surface area contributed by atoms with E-state index in [1.807, 2.05) is 6.07 Å². The van der Waals surface area contributed by atoms with Crippen molar-refractivity contribution in [2.24, 2.45) is 0 Å². The molecule has 4 heteroatoms. The average Bonchev–Trinajstić information content (AvgIpc) is 2.17. The number of rotatable bonds is 2. The Kier molecular flexibility index (Phi) is 3.00. The Hall–Kier alpha value is -1.66. The monoisotopic (exact) mass is 207 g/mol. The van der Waals surface area contributed by atoms with Gasteiger partial charge in [-0.25, -0.2) is 0 Å². The van der Waals surface area contributed by atoms with Crippen molar-refractivity contribution in [3.05, 3.63) is 34.4 Å². The summed E-state index contributed by atoms with van der Waals surface area (Å²) in [5, 5.41) is 8.05. The summed E-state index contributed by atoms with van der Waals surface area (Å²) >= 11 is 5.25. The third kappa shape index (κ3) is 1.81. The Balaban J connectivity index is 3.49. The number of carbonyl (C=O) groups excluding carboxylic acids is 2. The molecule has 1 rings (SSSR count). The van der Waals surface area contributed by atoms with E-state index in [1.54, 1.807) is 6.92 Å². The summed E-state index contributed by atoms with van der Waals surface area (Å²) in [6.45, 7) is 1.64. The van der Waals surface area contributed by atoms with Gasteiger partial charge in [0.15, 0.2) is 0 Å². The van der Waals surface area contributed by atoms with Crippen molar-refractivity contribution < 1.29 is 9.59 Å². The van der Waals surface area contributed by atoms with Crippen LogP contribution in [0.4, 0.5) is 0 Å². The summed E-state index contributed by atoms with van der Waals surface area (Å²) in [7, 11) is 0. The molecule has 0 fully saturated rings. The summed E-state index contributed by atoms with van der Waals surface area (Å²) in [6.07, 6.45) is 0.597. The number of nitriles is 1. The highest BCUT2D eigenvalue weighted by Gasteiger charge is 2.09. The van der Waals surface area contributed by atoms with Crippen molar-refractivity contribution in [1.29, 1.82) is 5.26 Å². The smallest absolute Gasteiger partial charge is 0.252 e. The zero-order valence-corrected chi connectivity index (χ0v) is 8.13. The topological polar surface area (TPSA) is 57.9 Å². The van der Waals surface area contributed by atoms with Gasteiger partial charge in [0.1, 0.15) is 6.29 Å². The number of halogens is 1. The molecular formula is C10H6ClNO2. The molecule has 1 aromatic rings. The Morgan fingerprint density at radius 3 is 2.64 bits per heavy atom. The lowest BCUT2D eigenvalue weighted by molar-refractivity contribution is 0.108. The van der Waals surface area contributed by atoms with Crippen molar-refractivity contribution >= 4 is 23.1 Å². The molecule has 3 nitrogen and oxygen atoms in total. The second-order valence-corrected chi connectivity index (χ2v) is 3.08. The summed E-state index contributed by atoms with van der Waals surface area (Å²) < 4.78 is 0. The van der Waals surface area contributed by atoms with Gasteiger partial charge in [0.2, 0.25) is 0 Å². The second-order valence-electron chi connectivity index (χ2n) is 2.74. The van der Waals surface area contributed by atoms with Crippen molar-refractivity contribution in [3.8, 4) is 6.07 Å². The van der Waals surface area contributed by atoms with Crippen molar-refractivity contribution in [2.45, 2.75) is 6.92 Å². The lowest BCUT2D eigenvalue weighted by Gasteiger charge is -2.02. The van der Waals surface area contributed by atoms with E-state index in [2.05, 4.69) is 0 Å². The van der Waals surface area contributed by atoms with E-state index in [4.69, 9.17) is 16.9 Å². The maximum absolute atomic E-state index is 10.8. The van der Waals surface area contributed by atoms with Crippen molar-refractivity contribution in [3.63, 3.8) is 0 Å². The molecule has 0 saturated carbocycles. The van der Waals surface area contributed by atoms with Gasteiger partial charge in [0, 0.05) is 11.1 Å².